The van der Waals surface area contributed by atoms with Crippen LogP contribution in [0, 0.1) is 11.3 Å². The summed E-state index contributed by atoms with van der Waals surface area (Å²) in [4.78, 5) is 11.7. The number of hydrogen-bond donors (Lipinski definition) is 1. The molecule has 4 heteroatoms. The van der Waals surface area contributed by atoms with Gasteiger partial charge in [0.15, 0.2) is 0 Å². The molecule has 0 aromatic heterocycles. The lowest BCUT2D eigenvalue weighted by Gasteiger charge is -2.25. The average Bonchev–Trinajstić information content (AvgIpc) is 2.79. The molecule has 0 radical (unpaired) electrons. The molecule has 0 saturated carbocycles. The van der Waals surface area contributed by atoms with Gasteiger partial charge in [-0.05, 0) is 25.7 Å². The van der Waals surface area contributed by atoms with Crippen LogP contribution in [0.5, 0.6) is 0 Å². The molecule has 1 saturated heterocycles. The van der Waals surface area contributed by atoms with Gasteiger partial charge in [-0.25, -0.2) is 0 Å². The predicted octanol–water partition coefficient (Wildman–Crippen LogP) is 1.75. The van der Waals surface area contributed by atoms with Crippen molar-refractivity contribution < 1.29 is 9.53 Å². The number of carbonyl (C=O) groups is 1. The summed E-state index contributed by atoms with van der Waals surface area (Å²) in [6.07, 6.45) is 3.68. The number of nitrogens with one attached hydrogen (secondary N) is 1. The van der Waals surface area contributed by atoms with Gasteiger partial charge in [-0.15, -0.1) is 0 Å². The second-order valence-corrected chi connectivity index (χ2v) is 4.29. The zero-order chi connectivity index (χ0) is 12.0. The Morgan fingerprint density at radius 3 is 2.69 bits per heavy atom. The molecule has 90 valence electrons. The van der Waals surface area contributed by atoms with Crippen molar-refractivity contribution in [1.29, 1.82) is 5.26 Å². The normalized spacial score (nSPS) is 20.4. The lowest BCUT2D eigenvalue weighted by molar-refractivity contribution is -0.124. The first-order valence-electron chi connectivity index (χ1n) is 5.99. The zero-order valence-electron chi connectivity index (χ0n) is 10.1. The SMILES string of the molecule is CCC(C#N)(CC)NC(=O)CC1CCCO1. The molecule has 1 aliphatic heterocycles. The molecule has 0 spiro atoms. The number of nitrogens with zero attached hydrogens (tertiary/aromatic N) is 1. The monoisotopic (exact) mass is 224 g/mol. The van der Waals surface area contributed by atoms with Crippen LogP contribution < -0.4 is 5.32 Å². The molecule has 0 aromatic carbocycles. The topological polar surface area (TPSA) is 62.1 Å². The van der Waals surface area contributed by atoms with Gasteiger partial charge in [0.05, 0.1) is 18.6 Å². The largest absolute Gasteiger partial charge is 0.378 e. The van der Waals surface area contributed by atoms with Gasteiger partial charge in [0, 0.05) is 6.61 Å². The third-order valence-electron chi connectivity index (χ3n) is 3.24. The van der Waals surface area contributed by atoms with Crippen LogP contribution in [-0.2, 0) is 9.53 Å². The Labute approximate surface area is 97.0 Å². The predicted molar refractivity (Wildman–Crippen MR) is 60.7 cm³/mol. The van der Waals surface area contributed by atoms with E-state index in [9.17, 15) is 4.79 Å². The Kier molecular flexibility index (Phi) is 4.75. The molecule has 1 rings (SSSR count). The standard InChI is InChI=1S/C12H20N2O2/c1-3-12(4-2,9-13)14-11(15)8-10-6-5-7-16-10/h10H,3-8H2,1-2H3,(H,14,15). The molecule has 0 aliphatic carbocycles. The summed E-state index contributed by atoms with van der Waals surface area (Å²) >= 11 is 0. The maximum atomic E-state index is 11.7. The Hall–Kier alpha value is -1.08. The molecule has 1 heterocycles. The van der Waals surface area contributed by atoms with E-state index in [2.05, 4.69) is 11.4 Å². The van der Waals surface area contributed by atoms with Crippen molar-refractivity contribution in [3.8, 4) is 6.07 Å². The summed E-state index contributed by atoms with van der Waals surface area (Å²) in [5, 5.41) is 11.9. The number of amides is 1. The fourth-order valence-electron chi connectivity index (χ4n) is 1.94. The van der Waals surface area contributed by atoms with Gasteiger partial charge < -0.3 is 10.1 Å². The third kappa shape index (κ3) is 3.21. The highest BCUT2D eigenvalue weighted by molar-refractivity contribution is 5.77. The van der Waals surface area contributed by atoms with Crippen LogP contribution in [0.2, 0.25) is 0 Å². The molecule has 16 heavy (non-hydrogen) atoms. The van der Waals surface area contributed by atoms with E-state index < -0.39 is 5.54 Å². The van der Waals surface area contributed by atoms with Crippen LogP contribution in [-0.4, -0.2) is 24.2 Å². The van der Waals surface area contributed by atoms with Crippen molar-refractivity contribution in [3.05, 3.63) is 0 Å². The minimum Gasteiger partial charge on any atom is -0.378 e. The molecule has 1 N–H and O–H groups in total. The summed E-state index contributed by atoms with van der Waals surface area (Å²) in [6, 6.07) is 2.20. The van der Waals surface area contributed by atoms with E-state index in [4.69, 9.17) is 10.00 Å². The highest BCUT2D eigenvalue weighted by atomic mass is 16.5. The van der Waals surface area contributed by atoms with Crippen LogP contribution in [0.15, 0.2) is 0 Å². The number of nitriles is 1. The summed E-state index contributed by atoms with van der Waals surface area (Å²) in [5.74, 6) is -0.0721. The molecule has 1 amide bonds. The lowest BCUT2D eigenvalue weighted by atomic mass is 9.94. The quantitative estimate of drug-likeness (QED) is 0.774. The summed E-state index contributed by atoms with van der Waals surface area (Å²) in [5.41, 5.74) is -0.699. The molecule has 0 bridgehead atoms. The van der Waals surface area contributed by atoms with Crippen LogP contribution in [0.1, 0.15) is 46.0 Å². The van der Waals surface area contributed by atoms with Gasteiger partial charge in [0.2, 0.25) is 5.91 Å². The minimum atomic E-state index is -0.699. The summed E-state index contributed by atoms with van der Waals surface area (Å²) in [7, 11) is 0. The highest BCUT2D eigenvalue weighted by Gasteiger charge is 2.29. The van der Waals surface area contributed by atoms with E-state index in [-0.39, 0.29) is 12.0 Å². The summed E-state index contributed by atoms with van der Waals surface area (Å²) < 4.78 is 5.40. The Morgan fingerprint density at radius 2 is 2.25 bits per heavy atom. The van der Waals surface area contributed by atoms with Crippen LogP contribution in [0.3, 0.4) is 0 Å². The van der Waals surface area contributed by atoms with Gasteiger partial charge in [0.25, 0.3) is 0 Å². The molecule has 1 atom stereocenters. The molecule has 4 nitrogen and oxygen atoms in total. The van der Waals surface area contributed by atoms with Crippen molar-refractivity contribution in [2.75, 3.05) is 6.61 Å². The van der Waals surface area contributed by atoms with E-state index in [0.29, 0.717) is 19.3 Å². The average molecular weight is 224 g/mol. The van der Waals surface area contributed by atoms with E-state index in [1.165, 1.54) is 0 Å². The van der Waals surface area contributed by atoms with Gasteiger partial charge in [-0.2, -0.15) is 5.26 Å². The first kappa shape index (κ1) is 13.0. The van der Waals surface area contributed by atoms with Crippen LogP contribution in [0.25, 0.3) is 0 Å². The van der Waals surface area contributed by atoms with Crippen molar-refractivity contribution in [1.82, 2.24) is 5.32 Å². The first-order chi connectivity index (χ1) is 7.65. The fraction of sp³-hybridized carbons (Fsp3) is 0.833. The summed E-state index contributed by atoms with van der Waals surface area (Å²) in [6.45, 7) is 4.58. The highest BCUT2D eigenvalue weighted by Crippen LogP contribution is 2.18. The third-order valence-corrected chi connectivity index (χ3v) is 3.24. The van der Waals surface area contributed by atoms with E-state index in [1.54, 1.807) is 0 Å². The first-order valence-corrected chi connectivity index (χ1v) is 5.99. The maximum Gasteiger partial charge on any atom is 0.223 e. The van der Waals surface area contributed by atoms with Gasteiger partial charge >= 0.3 is 0 Å². The molecule has 0 aromatic rings. The maximum absolute atomic E-state index is 11.7. The van der Waals surface area contributed by atoms with Gasteiger partial charge in [-0.1, -0.05) is 13.8 Å². The smallest absolute Gasteiger partial charge is 0.223 e. The second kappa shape index (κ2) is 5.86. The number of ether oxygens (including phenoxy) is 1. The Morgan fingerprint density at radius 1 is 1.56 bits per heavy atom. The van der Waals surface area contributed by atoms with Crippen molar-refractivity contribution >= 4 is 5.91 Å². The number of hydrogen-bond acceptors (Lipinski definition) is 3. The second-order valence-electron chi connectivity index (χ2n) is 4.29. The Balaban J connectivity index is 2.45. The van der Waals surface area contributed by atoms with Crippen molar-refractivity contribution in [2.45, 2.75) is 57.6 Å². The zero-order valence-corrected chi connectivity index (χ0v) is 10.1. The molecule has 1 unspecified atom stereocenters. The van der Waals surface area contributed by atoms with Crippen molar-refractivity contribution in [2.24, 2.45) is 0 Å². The molecular formula is C12H20N2O2. The van der Waals surface area contributed by atoms with E-state index in [1.807, 2.05) is 13.8 Å². The molecule has 1 aliphatic rings. The number of rotatable bonds is 5. The minimum absolute atomic E-state index is 0.0464. The van der Waals surface area contributed by atoms with E-state index in [0.717, 1.165) is 19.4 Å². The fourth-order valence-corrected chi connectivity index (χ4v) is 1.94. The van der Waals surface area contributed by atoms with Gasteiger partial charge in [0.1, 0.15) is 5.54 Å². The van der Waals surface area contributed by atoms with Crippen LogP contribution >= 0.6 is 0 Å². The van der Waals surface area contributed by atoms with E-state index >= 15 is 0 Å². The molecular weight excluding hydrogens is 204 g/mol. The number of carbonyl (C=O) groups excluding carboxylic acids is 1. The van der Waals surface area contributed by atoms with Crippen LogP contribution in [0.4, 0.5) is 0 Å². The van der Waals surface area contributed by atoms with Crippen molar-refractivity contribution in [3.63, 3.8) is 0 Å². The molecule has 1 fully saturated rings. The Bertz CT molecular complexity index is 273. The lowest BCUT2D eigenvalue weighted by Crippen LogP contribution is -2.47. The van der Waals surface area contributed by atoms with Gasteiger partial charge in [-0.3, -0.25) is 4.79 Å².